The topological polar surface area (TPSA) is 40.0 Å². The van der Waals surface area contributed by atoms with Crippen molar-refractivity contribution in [3.05, 3.63) is 65.7 Å². The van der Waals surface area contributed by atoms with E-state index in [1.165, 1.54) is 42.5 Å². The van der Waals surface area contributed by atoms with Gasteiger partial charge in [-0.25, -0.2) is 0 Å². The third-order valence-corrected chi connectivity index (χ3v) is 9.77. The van der Waals surface area contributed by atoms with Gasteiger partial charge in [-0.3, -0.25) is 0 Å². The van der Waals surface area contributed by atoms with Gasteiger partial charge in [0.25, 0.3) is 0 Å². The van der Waals surface area contributed by atoms with Crippen molar-refractivity contribution < 1.29 is 39.9 Å². The molecule has 0 amide bonds. The predicted octanol–water partition coefficient (Wildman–Crippen LogP) is 5.51. The van der Waals surface area contributed by atoms with E-state index in [9.17, 15) is 26.3 Å². The molecule has 11 heteroatoms. The van der Waals surface area contributed by atoms with Gasteiger partial charge in [0.1, 0.15) is 0 Å². The van der Waals surface area contributed by atoms with Gasteiger partial charge in [-0.2, -0.15) is 0 Å². The molecule has 3 rings (SSSR count). The number of aliphatic imine (C=N–C) groups is 1. The van der Waals surface area contributed by atoms with E-state index < -0.39 is 36.1 Å². The zero-order valence-corrected chi connectivity index (χ0v) is 17.0. The van der Waals surface area contributed by atoms with Gasteiger partial charge in [0, 0.05) is 0 Å². The fraction of sp³-hybridized carbons (Fsp3) is 0.316. The van der Waals surface area contributed by atoms with E-state index in [0.29, 0.717) is 14.2 Å². The Morgan fingerprint density at radius 1 is 0.833 bits per heavy atom. The van der Waals surface area contributed by atoms with Crippen molar-refractivity contribution in [1.29, 1.82) is 0 Å². The zero-order chi connectivity index (χ0) is 22.4. The summed E-state index contributed by atoms with van der Waals surface area (Å²) in [5.74, 6) is -0.866. The summed E-state index contributed by atoms with van der Waals surface area (Å²) in [5.41, 5.74) is 0.671. The second-order valence-corrected chi connectivity index (χ2v) is 10.5. The Morgan fingerprint density at radius 3 is 1.77 bits per heavy atom. The fourth-order valence-corrected chi connectivity index (χ4v) is 7.71. The van der Waals surface area contributed by atoms with Crippen LogP contribution in [0.2, 0.25) is 0 Å². The quantitative estimate of drug-likeness (QED) is 0.453. The Morgan fingerprint density at radius 2 is 1.33 bits per heavy atom. The molecule has 4 nitrogen and oxygen atoms in total. The molecule has 0 fully saturated rings. The molecule has 0 aliphatic carbocycles. The molecule has 2 aromatic carbocycles. The number of halogens is 6. The number of benzene rings is 2. The van der Waals surface area contributed by atoms with Crippen LogP contribution < -0.4 is 5.30 Å². The van der Waals surface area contributed by atoms with E-state index in [1.807, 2.05) is 0 Å². The second kappa shape index (κ2) is 6.93. The Bertz CT molecular complexity index is 939. The molecule has 0 atom stereocenters. The number of aryl methyl sites for hydroxylation is 1. The molecule has 1 aliphatic heterocycles. The van der Waals surface area contributed by atoms with Gasteiger partial charge < -0.3 is 0 Å². The minimum absolute atomic E-state index is 0.0741. The summed E-state index contributed by atoms with van der Waals surface area (Å²) in [6.07, 6.45) is -11.9. The Labute approximate surface area is 168 Å². The first-order valence-electron chi connectivity index (χ1n) is 8.58. The van der Waals surface area contributed by atoms with Crippen molar-refractivity contribution in [2.24, 2.45) is 4.99 Å². The van der Waals surface area contributed by atoms with Crippen molar-refractivity contribution >= 4 is 18.5 Å². The van der Waals surface area contributed by atoms with Gasteiger partial charge in [0.05, 0.1) is 0 Å². The molecule has 0 aromatic heterocycles. The van der Waals surface area contributed by atoms with Crippen LogP contribution in [0.4, 0.5) is 26.3 Å². The van der Waals surface area contributed by atoms with E-state index in [1.54, 1.807) is 6.92 Å². The molecule has 0 N–H and O–H groups in total. The van der Waals surface area contributed by atoms with E-state index in [0.717, 1.165) is 17.7 Å². The molecule has 1 heterocycles. The van der Waals surface area contributed by atoms with Gasteiger partial charge >= 0.3 is 168 Å². The van der Waals surface area contributed by atoms with Crippen molar-refractivity contribution in [2.45, 2.75) is 24.6 Å². The van der Waals surface area contributed by atoms with Crippen molar-refractivity contribution in [1.82, 2.24) is 0 Å². The Hall–Kier alpha value is -2.16. The zero-order valence-electron chi connectivity index (χ0n) is 16.1. The summed E-state index contributed by atoms with van der Waals surface area (Å²) >= 11 is 0. The second-order valence-electron chi connectivity index (χ2n) is 6.63. The minimum atomic E-state index is -6.29. The number of alkyl halides is 6. The van der Waals surface area contributed by atoms with Crippen LogP contribution >= 0.6 is 7.28 Å². The third-order valence-electron chi connectivity index (χ3n) is 5.03. The molecule has 0 saturated heterocycles. The van der Waals surface area contributed by atoms with Crippen LogP contribution in [0.25, 0.3) is 0 Å². The van der Waals surface area contributed by atoms with Crippen molar-refractivity contribution in [3.63, 3.8) is 0 Å². The summed E-state index contributed by atoms with van der Waals surface area (Å²) < 4.78 is 102. The Balaban J connectivity index is 2.48. The predicted molar refractivity (Wildman–Crippen MR) is 101 cm³/mol. The third kappa shape index (κ3) is 2.70. The van der Waals surface area contributed by atoms with E-state index in [4.69, 9.17) is 13.6 Å². The number of hydrogen-bond acceptors (Lipinski definition) is 4. The first-order valence-corrected chi connectivity index (χ1v) is 10.6. The summed E-state index contributed by atoms with van der Waals surface area (Å²) in [5, 5.41) is -5.33. The van der Waals surface area contributed by atoms with E-state index in [2.05, 4.69) is 4.99 Å². The molecule has 0 bridgehead atoms. The summed E-state index contributed by atoms with van der Waals surface area (Å²) in [4.78, 5) is 3.16. The SMILES string of the molecule is COP1(OC)(c2ccccc2)OC(c2ccc(C)cc2)=NC1(C(F)(F)F)C(F)(F)F. The van der Waals surface area contributed by atoms with E-state index >= 15 is 0 Å². The molecule has 0 spiro atoms. The van der Waals surface area contributed by atoms with Crippen LogP contribution in [0.3, 0.4) is 0 Å². The molecule has 30 heavy (non-hydrogen) atoms. The summed E-state index contributed by atoms with van der Waals surface area (Å²) in [6.45, 7) is 1.71. The maximum absolute atomic E-state index is 14.4. The van der Waals surface area contributed by atoms with Crippen LogP contribution in [0.15, 0.2) is 59.6 Å². The monoisotopic (exact) mass is 453 g/mol. The molecule has 0 radical (unpaired) electrons. The van der Waals surface area contributed by atoms with Crippen molar-refractivity contribution in [3.8, 4) is 0 Å². The van der Waals surface area contributed by atoms with Gasteiger partial charge in [0.2, 0.25) is 0 Å². The van der Waals surface area contributed by atoms with Crippen LogP contribution in [-0.2, 0) is 13.6 Å². The van der Waals surface area contributed by atoms with Gasteiger partial charge in [-0.15, -0.1) is 0 Å². The van der Waals surface area contributed by atoms with Crippen LogP contribution in [0.5, 0.6) is 0 Å². The number of nitrogens with zero attached hydrogens (tertiary/aromatic N) is 1. The fourth-order valence-electron chi connectivity index (χ4n) is 3.56. The Kier molecular flexibility index (Phi) is 5.21. The van der Waals surface area contributed by atoms with Crippen molar-refractivity contribution in [2.75, 3.05) is 14.2 Å². The average Bonchev–Trinajstić information content (AvgIpc) is 3.04. The molecule has 0 unspecified atom stereocenters. The molecule has 1 aliphatic rings. The van der Waals surface area contributed by atoms with E-state index in [-0.39, 0.29) is 5.56 Å². The molecule has 2 aromatic rings. The first kappa shape index (κ1) is 22.5. The van der Waals surface area contributed by atoms with Crippen LogP contribution in [-0.4, -0.2) is 37.7 Å². The molecule has 0 saturated carbocycles. The summed E-state index contributed by atoms with van der Waals surface area (Å²) in [6, 6.07) is 11.7. The van der Waals surface area contributed by atoms with Crippen LogP contribution in [0, 0.1) is 6.92 Å². The van der Waals surface area contributed by atoms with Gasteiger partial charge in [0.15, 0.2) is 0 Å². The molecule has 164 valence electrons. The average molecular weight is 453 g/mol. The first-order chi connectivity index (χ1) is 13.9. The van der Waals surface area contributed by atoms with Gasteiger partial charge in [-0.1, -0.05) is 0 Å². The normalized spacial score (nSPS) is 21.2. The van der Waals surface area contributed by atoms with Gasteiger partial charge in [-0.05, 0) is 0 Å². The standard InChI is InChI=1S/C19H18F6NO3P/c1-13-9-11-14(12-10-13)16-26-17(18(20,21)22,19(23,24)25)30(27-2,28-3,29-16)15-7-5-4-6-8-15/h4-12H,1-3H3. The number of rotatable bonds is 4. The number of hydrogen-bond donors (Lipinski definition) is 0. The molecular formula is C19H18F6NO3P. The van der Waals surface area contributed by atoms with Crippen LogP contribution in [0.1, 0.15) is 11.1 Å². The molecular weight excluding hydrogens is 435 g/mol. The summed E-state index contributed by atoms with van der Waals surface area (Å²) in [7, 11) is -4.88. The maximum atomic E-state index is 14.4.